The summed E-state index contributed by atoms with van der Waals surface area (Å²) in [6, 6.07) is 0. The van der Waals surface area contributed by atoms with Gasteiger partial charge in [0.2, 0.25) is 5.91 Å². The van der Waals surface area contributed by atoms with Gasteiger partial charge in [-0.3, -0.25) is 9.59 Å². The molecule has 0 radical (unpaired) electrons. The summed E-state index contributed by atoms with van der Waals surface area (Å²) in [5.74, 6) is -0.999. The van der Waals surface area contributed by atoms with E-state index in [9.17, 15) is 9.59 Å². The summed E-state index contributed by atoms with van der Waals surface area (Å²) in [5, 5.41) is 11.4. The molecule has 0 saturated heterocycles. The molecule has 0 aromatic carbocycles. The summed E-state index contributed by atoms with van der Waals surface area (Å²) in [5.41, 5.74) is -0.705. The first-order valence-corrected chi connectivity index (χ1v) is 4.49. The molecule has 0 aromatic heterocycles. The van der Waals surface area contributed by atoms with E-state index < -0.39 is 17.4 Å². The quantitative estimate of drug-likeness (QED) is 0.480. The van der Waals surface area contributed by atoms with E-state index in [2.05, 4.69) is 10.1 Å². The molecule has 0 atom stereocenters. The van der Waals surface area contributed by atoms with E-state index in [4.69, 9.17) is 5.11 Å². The van der Waals surface area contributed by atoms with Crippen molar-refractivity contribution in [2.24, 2.45) is 0 Å². The van der Waals surface area contributed by atoms with E-state index in [0.717, 1.165) is 0 Å². The minimum Gasteiger partial charge on any atom is -0.466 e. The lowest BCUT2D eigenvalue weighted by Crippen LogP contribution is -2.46. The number of hydrogen-bond acceptors (Lipinski definition) is 4. The molecule has 14 heavy (non-hydrogen) atoms. The van der Waals surface area contributed by atoms with E-state index in [1.165, 1.54) is 0 Å². The SMILES string of the molecule is CCOC(=O)CC(=O)NC(C)(C)CO. The van der Waals surface area contributed by atoms with Crippen LogP contribution in [-0.2, 0) is 14.3 Å². The van der Waals surface area contributed by atoms with Gasteiger partial charge in [0.05, 0.1) is 18.8 Å². The summed E-state index contributed by atoms with van der Waals surface area (Å²) < 4.78 is 4.60. The third kappa shape index (κ3) is 5.53. The number of nitrogens with one attached hydrogen (secondary N) is 1. The molecule has 0 aliphatic carbocycles. The van der Waals surface area contributed by atoms with Crippen LogP contribution in [-0.4, -0.2) is 35.7 Å². The van der Waals surface area contributed by atoms with Crippen molar-refractivity contribution in [2.45, 2.75) is 32.7 Å². The Morgan fingerprint density at radius 2 is 2.00 bits per heavy atom. The maximum absolute atomic E-state index is 11.2. The van der Waals surface area contributed by atoms with E-state index in [0.29, 0.717) is 0 Å². The third-order valence-electron chi connectivity index (χ3n) is 1.48. The standard InChI is InChI=1S/C9H17NO4/c1-4-14-8(13)5-7(12)10-9(2,3)6-11/h11H,4-6H2,1-3H3,(H,10,12). The maximum Gasteiger partial charge on any atom is 0.315 e. The first-order chi connectivity index (χ1) is 6.41. The Labute approximate surface area is 83.4 Å². The molecule has 0 fully saturated rings. The molecule has 0 aliphatic rings. The van der Waals surface area contributed by atoms with E-state index >= 15 is 0 Å². The number of ether oxygens (including phenoxy) is 1. The van der Waals surface area contributed by atoms with Gasteiger partial charge in [0.15, 0.2) is 0 Å². The van der Waals surface area contributed by atoms with E-state index in [-0.39, 0.29) is 19.6 Å². The van der Waals surface area contributed by atoms with Crippen LogP contribution < -0.4 is 5.32 Å². The van der Waals surface area contributed by atoms with Gasteiger partial charge >= 0.3 is 5.97 Å². The second-order valence-electron chi connectivity index (χ2n) is 3.57. The zero-order valence-corrected chi connectivity index (χ0v) is 8.79. The van der Waals surface area contributed by atoms with Gasteiger partial charge in [0.1, 0.15) is 6.42 Å². The van der Waals surface area contributed by atoms with Crippen LogP contribution in [0, 0.1) is 0 Å². The summed E-state index contributed by atoms with van der Waals surface area (Å²) in [6.45, 7) is 5.08. The normalized spacial score (nSPS) is 10.9. The lowest BCUT2D eigenvalue weighted by Gasteiger charge is -2.23. The van der Waals surface area contributed by atoms with Crippen LogP contribution in [0.5, 0.6) is 0 Å². The molecule has 82 valence electrons. The highest BCUT2D eigenvalue weighted by Gasteiger charge is 2.20. The Hall–Kier alpha value is -1.10. The van der Waals surface area contributed by atoms with Crippen molar-refractivity contribution in [3.05, 3.63) is 0 Å². The van der Waals surface area contributed by atoms with Crippen LogP contribution >= 0.6 is 0 Å². The summed E-state index contributed by atoms with van der Waals surface area (Å²) in [4.78, 5) is 22.1. The molecule has 2 N–H and O–H groups in total. The van der Waals surface area contributed by atoms with Gasteiger partial charge in [-0.1, -0.05) is 0 Å². The molecule has 1 amide bonds. The minimum atomic E-state index is -0.705. The fourth-order valence-corrected chi connectivity index (χ4v) is 0.804. The van der Waals surface area contributed by atoms with Gasteiger partial charge < -0.3 is 15.2 Å². The minimum absolute atomic E-state index is 0.179. The highest BCUT2D eigenvalue weighted by molar-refractivity contribution is 5.94. The van der Waals surface area contributed by atoms with Crippen molar-refractivity contribution >= 4 is 11.9 Å². The number of carbonyl (C=O) groups excluding carboxylic acids is 2. The molecule has 0 bridgehead atoms. The van der Waals surface area contributed by atoms with Crippen molar-refractivity contribution in [2.75, 3.05) is 13.2 Å². The van der Waals surface area contributed by atoms with Crippen molar-refractivity contribution in [1.29, 1.82) is 0 Å². The largest absolute Gasteiger partial charge is 0.466 e. The van der Waals surface area contributed by atoms with Crippen LogP contribution in [0.15, 0.2) is 0 Å². The lowest BCUT2D eigenvalue weighted by molar-refractivity contribution is -0.146. The Kier molecular flexibility index (Phi) is 5.15. The van der Waals surface area contributed by atoms with Crippen LogP contribution in [0.4, 0.5) is 0 Å². The maximum atomic E-state index is 11.2. The predicted octanol–water partition coefficient (Wildman–Crippen LogP) is -0.173. The number of esters is 1. The fourth-order valence-electron chi connectivity index (χ4n) is 0.804. The zero-order valence-electron chi connectivity index (χ0n) is 8.79. The second-order valence-corrected chi connectivity index (χ2v) is 3.57. The second kappa shape index (κ2) is 5.59. The molecule has 5 nitrogen and oxygen atoms in total. The molecule has 0 aromatic rings. The van der Waals surface area contributed by atoms with Gasteiger partial charge in [-0.05, 0) is 20.8 Å². The molecule has 5 heteroatoms. The van der Waals surface area contributed by atoms with Crippen LogP contribution in [0.3, 0.4) is 0 Å². The molecule has 0 rings (SSSR count). The Bertz CT molecular complexity index is 213. The average molecular weight is 203 g/mol. The van der Waals surface area contributed by atoms with Crippen LogP contribution in [0.2, 0.25) is 0 Å². The highest BCUT2D eigenvalue weighted by atomic mass is 16.5. The van der Waals surface area contributed by atoms with Crippen molar-refractivity contribution < 1.29 is 19.4 Å². The summed E-state index contributed by atoms with van der Waals surface area (Å²) in [7, 11) is 0. The monoisotopic (exact) mass is 203 g/mol. The number of carbonyl (C=O) groups is 2. The van der Waals surface area contributed by atoms with Crippen LogP contribution in [0.1, 0.15) is 27.2 Å². The van der Waals surface area contributed by atoms with Crippen molar-refractivity contribution in [3.8, 4) is 0 Å². The van der Waals surface area contributed by atoms with E-state index in [1.54, 1.807) is 20.8 Å². The Morgan fingerprint density at radius 1 is 1.43 bits per heavy atom. The molecule has 0 saturated carbocycles. The number of aliphatic hydroxyl groups excluding tert-OH is 1. The third-order valence-corrected chi connectivity index (χ3v) is 1.48. The number of aliphatic hydroxyl groups is 1. The Morgan fingerprint density at radius 3 is 2.43 bits per heavy atom. The average Bonchev–Trinajstić information content (AvgIpc) is 2.03. The molecule has 0 unspecified atom stereocenters. The van der Waals surface area contributed by atoms with Gasteiger partial charge in [-0.2, -0.15) is 0 Å². The summed E-state index contributed by atoms with van der Waals surface area (Å²) >= 11 is 0. The lowest BCUT2D eigenvalue weighted by atomic mass is 10.1. The Balaban J connectivity index is 3.93. The molecular weight excluding hydrogens is 186 g/mol. The van der Waals surface area contributed by atoms with E-state index in [1.807, 2.05) is 0 Å². The van der Waals surface area contributed by atoms with Crippen LogP contribution in [0.25, 0.3) is 0 Å². The van der Waals surface area contributed by atoms with Gasteiger partial charge in [0.25, 0.3) is 0 Å². The predicted molar refractivity (Wildman–Crippen MR) is 50.6 cm³/mol. The number of rotatable bonds is 5. The molecule has 0 heterocycles. The molecule has 0 aliphatic heterocycles. The highest BCUT2D eigenvalue weighted by Crippen LogP contribution is 2.00. The molecule has 0 spiro atoms. The zero-order chi connectivity index (χ0) is 11.2. The topological polar surface area (TPSA) is 75.6 Å². The first kappa shape index (κ1) is 12.9. The summed E-state index contributed by atoms with van der Waals surface area (Å²) in [6.07, 6.45) is -0.308. The smallest absolute Gasteiger partial charge is 0.315 e. The van der Waals surface area contributed by atoms with Crippen molar-refractivity contribution in [3.63, 3.8) is 0 Å². The molecular formula is C9H17NO4. The fraction of sp³-hybridized carbons (Fsp3) is 0.778. The van der Waals surface area contributed by atoms with Gasteiger partial charge in [-0.25, -0.2) is 0 Å². The number of hydrogen-bond donors (Lipinski definition) is 2. The van der Waals surface area contributed by atoms with Gasteiger partial charge in [0, 0.05) is 0 Å². The first-order valence-electron chi connectivity index (χ1n) is 4.49. The van der Waals surface area contributed by atoms with Crippen molar-refractivity contribution in [1.82, 2.24) is 5.32 Å². The van der Waals surface area contributed by atoms with Gasteiger partial charge in [-0.15, -0.1) is 0 Å². The number of amides is 1.